The maximum atomic E-state index is 11.3. The van der Waals surface area contributed by atoms with Gasteiger partial charge in [-0.15, -0.1) is 11.6 Å². The number of halogens is 1. The van der Waals surface area contributed by atoms with Crippen molar-refractivity contribution in [2.45, 2.75) is 19.2 Å². The number of carbonyl (C=O) groups is 1. The Labute approximate surface area is 82.7 Å². The van der Waals surface area contributed by atoms with E-state index >= 15 is 0 Å². The Kier molecular flexibility index (Phi) is 3.32. The molecule has 1 aromatic carbocycles. The zero-order valence-corrected chi connectivity index (χ0v) is 8.27. The molecular weight excluding hydrogens is 186 g/mol. The molecule has 0 aliphatic rings. The van der Waals surface area contributed by atoms with Gasteiger partial charge in [0.05, 0.1) is 0 Å². The highest BCUT2D eigenvalue weighted by molar-refractivity contribution is 6.17. The van der Waals surface area contributed by atoms with Crippen LogP contribution in [-0.2, 0) is 5.88 Å². The summed E-state index contributed by atoms with van der Waals surface area (Å²) in [7, 11) is 0. The predicted molar refractivity (Wildman–Crippen MR) is 55.0 cm³/mol. The molecule has 0 bridgehead atoms. The lowest BCUT2D eigenvalue weighted by molar-refractivity contribution is 0.0989. The number of hydrogen-bond donors (Lipinski definition) is 1. The molecule has 0 aliphatic heterocycles. The Bertz CT molecular complexity index is 323. The third-order valence-corrected chi connectivity index (χ3v) is 2.20. The number of carbonyl (C=O) groups excluding carboxylic acids is 1. The minimum atomic E-state index is 0.0682. The molecule has 70 valence electrons. The minimum absolute atomic E-state index is 0.0682. The summed E-state index contributed by atoms with van der Waals surface area (Å²) in [5, 5.41) is 0. The average molecular weight is 198 g/mol. The molecule has 0 aliphatic carbocycles. The van der Waals surface area contributed by atoms with Crippen LogP contribution in [0.15, 0.2) is 18.2 Å². The van der Waals surface area contributed by atoms with Crippen molar-refractivity contribution in [3.8, 4) is 0 Å². The van der Waals surface area contributed by atoms with Crippen LogP contribution >= 0.6 is 11.6 Å². The van der Waals surface area contributed by atoms with E-state index in [2.05, 4.69) is 0 Å². The van der Waals surface area contributed by atoms with Crippen LogP contribution in [0.1, 0.15) is 29.3 Å². The maximum absolute atomic E-state index is 11.3. The van der Waals surface area contributed by atoms with Gasteiger partial charge >= 0.3 is 0 Å². The number of rotatable bonds is 3. The molecule has 2 N–H and O–H groups in total. The molecule has 0 spiro atoms. The van der Waals surface area contributed by atoms with Gasteiger partial charge in [-0.2, -0.15) is 0 Å². The monoisotopic (exact) mass is 197 g/mol. The summed E-state index contributed by atoms with van der Waals surface area (Å²) in [6, 6.07) is 5.31. The third kappa shape index (κ3) is 2.22. The lowest BCUT2D eigenvalue weighted by Crippen LogP contribution is -2.02. The van der Waals surface area contributed by atoms with E-state index in [1.54, 1.807) is 12.1 Å². The Morgan fingerprint density at radius 1 is 1.54 bits per heavy atom. The molecule has 0 amide bonds. The van der Waals surface area contributed by atoms with E-state index in [-0.39, 0.29) is 5.78 Å². The largest absolute Gasteiger partial charge is 0.398 e. The van der Waals surface area contributed by atoms with Gasteiger partial charge in [-0.1, -0.05) is 13.0 Å². The number of nitrogens with two attached hydrogens (primary N) is 1. The molecular formula is C10H12ClNO. The summed E-state index contributed by atoms with van der Waals surface area (Å²) in [6.45, 7) is 1.82. The first-order valence-corrected chi connectivity index (χ1v) is 4.70. The number of benzene rings is 1. The highest BCUT2D eigenvalue weighted by Gasteiger charge is 2.07. The summed E-state index contributed by atoms with van der Waals surface area (Å²) in [5.41, 5.74) is 7.74. The van der Waals surface area contributed by atoms with Crippen LogP contribution in [0.5, 0.6) is 0 Å². The standard InChI is InChI=1S/C10H12ClNO/c1-2-10(13)8-4-3-7(6-11)5-9(8)12/h3-5H,2,6,12H2,1H3. The minimum Gasteiger partial charge on any atom is -0.398 e. The van der Waals surface area contributed by atoms with Crippen LogP contribution in [0.25, 0.3) is 0 Å². The number of Topliss-reactive ketones (excluding diaryl/α,β-unsaturated/α-hetero) is 1. The first-order chi connectivity index (χ1) is 6.19. The van der Waals surface area contributed by atoms with Crippen LogP contribution in [0, 0.1) is 0 Å². The average Bonchev–Trinajstić information content (AvgIpc) is 2.16. The topological polar surface area (TPSA) is 43.1 Å². The smallest absolute Gasteiger partial charge is 0.164 e. The molecule has 1 rings (SSSR count). The van der Waals surface area contributed by atoms with Gasteiger partial charge in [0.2, 0.25) is 0 Å². The normalized spacial score (nSPS) is 10.0. The molecule has 0 atom stereocenters. The Morgan fingerprint density at radius 3 is 2.69 bits per heavy atom. The third-order valence-electron chi connectivity index (χ3n) is 1.89. The van der Waals surface area contributed by atoms with Gasteiger partial charge in [-0.25, -0.2) is 0 Å². The zero-order chi connectivity index (χ0) is 9.84. The second-order valence-corrected chi connectivity index (χ2v) is 3.10. The summed E-state index contributed by atoms with van der Waals surface area (Å²) in [4.78, 5) is 11.3. The van der Waals surface area contributed by atoms with Crippen molar-refractivity contribution in [2.75, 3.05) is 5.73 Å². The molecule has 2 nitrogen and oxygen atoms in total. The van der Waals surface area contributed by atoms with Crippen LogP contribution in [0.4, 0.5) is 5.69 Å². The van der Waals surface area contributed by atoms with Gasteiger partial charge in [-0.05, 0) is 17.7 Å². The fourth-order valence-electron chi connectivity index (χ4n) is 1.14. The van der Waals surface area contributed by atoms with Gasteiger partial charge in [0.25, 0.3) is 0 Å². The quantitative estimate of drug-likeness (QED) is 0.460. The second-order valence-electron chi connectivity index (χ2n) is 2.83. The molecule has 1 aromatic rings. The maximum Gasteiger partial charge on any atom is 0.164 e. The number of anilines is 1. The van der Waals surface area contributed by atoms with Crippen molar-refractivity contribution in [1.82, 2.24) is 0 Å². The number of ketones is 1. The van der Waals surface area contributed by atoms with Crippen LogP contribution in [-0.4, -0.2) is 5.78 Å². The van der Waals surface area contributed by atoms with Crippen molar-refractivity contribution in [2.24, 2.45) is 0 Å². The summed E-state index contributed by atoms with van der Waals surface area (Å²) in [5.74, 6) is 0.490. The van der Waals surface area contributed by atoms with Gasteiger partial charge in [0, 0.05) is 23.6 Å². The van der Waals surface area contributed by atoms with E-state index < -0.39 is 0 Å². The molecule has 0 saturated carbocycles. The van der Waals surface area contributed by atoms with E-state index in [1.807, 2.05) is 13.0 Å². The SMILES string of the molecule is CCC(=O)c1ccc(CCl)cc1N. The van der Waals surface area contributed by atoms with E-state index in [4.69, 9.17) is 17.3 Å². The van der Waals surface area contributed by atoms with E-state index in [1.165, 1.54) is 0 Å². The Hall–Kier alpha value is -1.02. The van der Waals surface area contributed by atoms with Crippen LogP contribution < -0.4 is 5.73 Å². The lowest BCUT2D eigenvalue weighted by Gasteiger charge is -2.04. The highest BCUT2D eigenvalue weighted by atomic mass is 35.5. The zero-order valence-electron chi connectivity index (χ0n) is 7.51. The fourth-order valence-corrected chi connectivity index (χ4v) is 1.31. The number of nitrogen functional groups attached to an aromatic ring is 1. The molecule has 0 fully saturated rings. The first-order valence-electron chi connectivity index (χ1n) is 4.16. The van der Waals surface area contributed by atoms with Crippen molar-refractivity contribution in [3.05, 3.63) is 29.3 Å². The van der Waals surface area contributed by atoms with Gasteiger partial charge < -0.3 is 5.73 Å². The molecule has 0 aromatic heterocycles. The van der Waals surface area contributed by atoms with Crippen molar-refractivity contribution in [3.63, 3.8) is 0 Å². The van der Waals surface area contributed by atoms with E-state index in [0.717, 1.165) is 5.56 Å². The molecule has 3 heteroatoms. The summed E-state index contributed by atoms with van der Waals surface area (Å²) < 4.78 is 0. The lowest BCUT2D eigenvalue weighted by atomic mass is 10.0. The Morgan fingerprint density at radius 2 is 2.23 bits per heavy atom. The van der Waals surface area contributed by atoms with Crippen molar-refractivity contribution in [1.29, 1.82) is 0 Å². The first kappa shape index (κ1) is 10.1. The molecule has 0 heterocycles. The number of alkyl halides is 1. The second kappa shape index (κ2) is 4.28. The van der Waals surface area contributed by atoms with Gasteiger partial charge in [0.15, 0.2) is 5.78 Å². The van der Waals surface area contributed by atoms with Crippen LogP contribution in [0.2, 0.25) is 0 Å². The molecule has 0 saturated heterocycles. The van der Waals surface area contributed by atoms with Gasteiger partial charge in [-0.3, -0.25) is 4.79 Å². The van der Waals surface area contributed by atoms with E-state index in [9.17, 15) is 4.79 Å². The fraction of sp³-hybridized carbons (Fsp3) is 0.300. The summed E-state index contributed by atoms with van der Waals surface area (Å²) in [6.07, 6.45) is 0.477. The van der Waals surface area contributed by atoms with Crippen molar-refractivity contribution >= 4 is 23.1 Å². The highest BCUT2D eigenvalue weighted by Crippen LogP contribution is 2.17. The van der Waals surface area contributed by atoms with Gasteiger partial charge in [0.1, 0.15) is 0 Å². The van der Waals surface area contributed by atoms with E-state index in [0.29, 0.717) is 23.6 Å². The molecule has 13 heavy (non-hydrogen) atoms. The number of hydrogen-bond acceptors (Lipinski definition) is 2. The van der Waals surface area contributed by atoms with Crippen LogP contribution in [0.3, 0.4) is 0 Å². The predicted octanol–water partition coefficient (Wildman–Crippen LogP) is 2.60. The van der Waals surface area contributed by atoms with Crippen molar-refractivity contribution < 1.29 is 4.79 Å². The summed E-state index contributed by atoms with van der Waals surface area (Å²) >= 11 is 5.62. The molecule has 0 unspecified atom stereocenters. The molecule has 0 radical (unpaired) electrons. The Balaban J connectivity index is 3.05.